The predicted octanol–water partition coefficient (Wildman–Crippen LogP) is 1.15. The second kappa shape index (κ2) is 4.14. The number of aromatic nitrogens is 2. The van der Waals surface area contributed by atoms with Crippen molar-refractivity contribution in [1.29, 1.82) is 0 Å². The molecule has 2 rings (SSSR count). The number of rotatable bonds is 2. The molecule has 1 fully saturated rings. The van der Waals surface area contributed by atoms with Crippen molar-refractivity contribution in [3.05, 3.63) is 17.0 Å². The zero-order chi connectivity index (χ0) is 10.8. The standard InChI is InChI=1S/C9H10BrN3O2/c10-7-3-11-5-12-8(7)13-2-1-6(4-13)9(14)15/h3,5-6H,1-2,4H2,(H,14,15). The van der Waals surface area contributed by atoms with Crippen LogP contribution in [0.4, 0.5) is 5.82 Å². The number of anilines is 1. The van der Waals surface area contributed by atoms with E-state index < -0.39 is 5.97 Å². The molecule has 1 aromatic heterocycles. The molecule has 0 bridgehead atoms. The summed E-state index contributed by atoms with van der Waals surface area (Å²) in [5.74, 6) is -0.247. The first-order chi connectivity index (χ1) is 7.18. The van der Waals surface area contributed by atoms with Gasteiger partial charge in [-0.2, -0.15) is 0 Å². The van der Waals surface area contributed by atoms with E-state index in [-0.39, 0.29) is 5.92 Å². The highest BCUT2D eigenvalue weighted by molar-refractivity contribution is 9.10. The third-order valence-electron chi connectivity index (χ3n) is 2.49. The van der Waals surface area contributed by atoms with E-state index in [4.69, 9.17) is 5.11 Å². The fourth-order valence-corrected chi connectivity index (χ4v) is 2.16. The quantitative estimate of drug-likeness (QED) is 0.874. The Morgan fingerprint density at radius 2 is 2.47 bits per heavy atom. The first-order valence-electron chi connectivity index (χ1n) is 4.61. The van der Waals surface area contributed by atoms with Crippen molar-refractivity contribution in [1.82, 2.24) is 9.97 Å². The van der Waals surface area contributed by atoms with Gasteiger partial charge in [-0.3, -0.25) is 4.79 Å². The fourth-order valence-electron chi connectivity index (χ4n) is 1.69. The highest BCUT2D eigenvalue weighted by atomic mass is 79.9. The van der Waals surface area contributed by atoms with Crippen molar-refractivity contribution in [2.24, 2.45) is 5.92 Å². The van der Waals surface area contributed by atoms with Crippen LogP contribution in [0.25, 0.3) is 0 Å². The van der Waals surface area contributed by atoms with Crippen LogP contribution < -0.4 is 4.90 Å². The van der Waals surface area contributed by atoms with E-state index in [1.807, 2.05) is 4.90 Å². The molecule has 1 aromatic rings. The lowest BCUT2D eigenvalue weighted by Crippen LogP contribution is -2.23. The van der Waals surface area contributed by atoms with Gasteiger partial charge in [0.05, 0.1) is 10.4 Å². The predicted molar refractivity (Wildman–Crippen MR) is 57.7 cm³/mol. The first kappa shape index (κ1) is 10.4. The van der Waals surface area contributed by atoms with E-state index in [9.17, 15) is 4.79 Å². The Hall–Kier alpha value is -1.17. The summed E-state index contributed by atoms with van der Waals surface area (Å²) in [5, 5.41) is 8.88. The lowest BCUT2D eigenvalue weighted by Gasteiger charge is -2.17. The molecule has 80 valence electrons. The van der Waals surface area contributed by atoms with Gasteiger partial charge < -0.3 is 10.0 Å². The van der Waals surface area contributed by atoms with Crippen LogP contribution in [0, 0.1) is 5.92 Å². The van der Waals surface area contributed by atoms with Crippen molar-refractivity contribution in [2.45, 2.75) is 6.42 Å². The maximum absolute atomic E-state index is 10.8. The van der Waals surface area contributed by atoms with E-state index >= 15 is 0 Å². The number of nitrogens with zero attached hydrogens (tertiary/aromatic N) is 3. The molecule has 5 nitrogen and oxygen atoms in total. The van der Waals surface area contributed by atoms with Gasteiger partial charge in [-0.25, -0.2) is 9.97 Å². The molecular formula is C9H10BrN3O2. The number of carbonyl (C=O) groups is 1. The molecular weight excluding hydrogens is 262 g/mol. The minimum atomic E-state index is -0.734. The summed E-state index contributed by atoms with van der Waals surface area (Å²) in [6.45, 7) is 1.25. The average molecular weight is 272 g/mol. The first-order valence-corrected chi connectivity index (χ1v) is 5.41. The van der Waals surface area contributed by atoms with Crippen LogP contribution >= 0.6 is 15.9 Å². The minimum absolute atomic E-state index is 0.285. The molecule has 1 saturated heterocycles. The summed E-state index contributed by atoms with van der Waals surface area (Å²) in [7, 11) is 0. The summed E-state index contributed by atoms with van der Waals surface area (Å²) >= 11 is 3.35. The molecule has 15 heavy (non-hydrogen) atoms. The lowest BCUT2D eigenvalue weighted by atomic mass is 10.1. The highest BCUT2D eigenvalue weighted by Crippen LogP contribution is 2.27. The van der Waals surface area contributed by atoms with Gasteiger partial charge in [0, 0.05) is 19.3 Å². The Kier molecular flexibility index (Phi) is 2.86. The molecule has 0 amide bonds. The van der Waals surface area contributed by atoms with E-state index in [1.54, 1.807) is 6.20 Å². The minimum Gasteiger partial charge on any atom is -0.481 e. The fraction of sp³-hybridized carbons (Fsp3) is 0.444. The van der Waals surface area contributed by atoms with Crippen molar-refractivity contribution in [2.75, 3.05) is 18.0 Å². The van der Waals surface area contributed by atoms with Gasteiger partial charge in [0.25, 0.3) is 0 Å². The summed E-state index contributed by atoms with van der Waals surface area (Å²) in [6, 6.07) is 0. The Morgan fingerprint density at radius 3 is 3.07 bits per heavy atom. The molecule has 1 aliphatic heterocycles. The Balaban J connectivity index is 2.14. The zero-order valence-electron chi connectivity index (χ0n) is 7.93. The van der Waals surface area contributed by atoms with E-state index in [0.717, 1.165) is 16.8 Å². The lowest BCUT2D eigenvalue weighted by molar-refractivity contribution is -0.140. The van der Waals surface area contributed by atoms with Crippen LogP contribution in [0.3, 0.4) is 0 Å². The third-order valence-corrected chi connectivity index (χ3v) is 3.04. The largest absolute Gasteiger partial charge is 0.481 e. The second-order valence-corrected chi connectivity index (χ2v) is 4.32. The average Bonchev–Trinajstić information content (AvgIpc) is 2.67. The van der Waals surface area contributed by atoms with Gasteiger partial charge in [-0.15, -0.1) is 0 Å². The summed E-state index contributed by atoms with van der Waals surface area (Å²) in [4.78, 5) is 20.8. The molecule has 0 saturated carbocycles. The van der Waals surface area contributed by atoms with Gasteiger partial charge in [0.15, 0.2) is 0 Å². The summed E-state index contributed by atoms with van der Waals surface area (Å²) < 4.78 is 0.802. The molecule has 6 heteroatoms. The molecule has 0 spiro atoms. The van der Waals surface area contributed by atoms with Gasteiger partial charge in [0.1, 0.15) is 12.1 Å². The van der Waals surface area contributed by atoms with Crippen LogP contribution in [0.2, 0.25) is 0 Å². The van der Waals surface area contributed by atoms with Crippen LogP contribution in [0.5, 0.6) is 0 Å². The second-order valence-electron chi connectivity index (χ2n) is 3.46. The van der Waals surface area contributed by atoms with Gasteiger partial charge in [0.2, 0.25) is 0 Å². The van der Waals surface area contributed by atoms with E-state index in [1.165, 1.54) is 6.33 Å². The zero-order valence-corrected chi connectivity index (χ0v) is 9.51. The van der Waals surface area contributed by atoms with E-state index in [0.29, 0.717) is 13.0 Å². The summed E-state index contributed by atoms with van der Waals surface area (Å²) in [6.07, 6.45) is 3.80. The number of hydrogen-bond acceptors (Lipinski definition) is 4. The van der Waals surface area contributed by atoms with Crippen molar-refractivity contribution in [3.63, 3.8) is 0 Å². The Labute approximate surface area is 95.3 Å². The topological polar surface area (TPSA) is 66.3 Å². The SMILES string of the molecule is O=C(O)C1CCN(c2ncncc2Br)C1. The number of carboxylic acid groups (broad SMARTS) is 1. The Morgan fingerprint density at radius 1 is 1.67 bits per heavy atom. The summed E-state index contributed by atoms with van der Waals surface area (Å²) in [5.41, 5.74) is 0. The van der Waals surface area contributed by atoms with Gasteiger partial charge in [-0.05, 0) is 22.4 Å². The molecule has 1 N–H and O–H groups in total. The molecule has 1 aliphatic rings. The van der Waals surface area contributed by atoms with E-state index in [2.05, 4.69) is 25.9 Å². The molecule has 0 aromatic carbocycles. The molecule has 0 radical (unpaired) electrons. The number of carboxylic acids is 1. The van der Waals surface area contributed by atoms with Crippen molar-refractivity contribution < 1.29 is 9.90 Å². The van der Waals surface area contributed by atoms with Crippen LogP contribution in [-0.4, -0.2) is 34.1 Å². The number of aliphatic carboxylic acids is 1. The maximum atomic E-state index is 10.8. The maximum Gasteiger partial charge on any atom is 0.308 e. The third kappa shape index (κ3) is 2.09. The normalized spacial score (nSPS) is 20.6. The van der Waals surface area contributed by atoms with Crippen molar-refractivity contribution in [3.8, 4) is 0 Å². The molecule has 2 heterocycles. The molecule has 1 atom stereocenters. The smallest absolute Gasteiger partial charge is 0.308 e. The van der Waals surface area contributed by atoms with Gasteiger partial charge in [-0.1, -0.05) is 0 Å². The molecule has 0 aliphatic carbocycles. The number of halogens is 1. The van der Waals surface area contributed by atoms with Crippen molar-refractivity contribution >= 4 is 27.7 Å². The van der Waals surface area contributed by atoms with Gasteiger partial charge >= 0.3 is 5.97 Å². The highest BCUT2D eigenvalue weighted by Gasteiger charge is 2.29. The van der Waals surface area contributed by atoms with Crippen LogP contribution in [0.1, 0.15) is 6.42 Å². The van der Waals surface area contributed by atoms with Crippen LogP contribution in [0.15, 0.2) is 17.0 Å². The molecule has 1 unspecified atom stereocenters. The van der Waals surface area contributed by atoms with Crippen LogP contribution in [-0.2, 0) is 4.79 Å². The monoisotopic (exact) mass is 271 g/mol. The Bertz CT molecular complexity index is 385. The number of hydrogen-bond donors (Lipinski definition) is 1.